The molecule has 184 valence electrons. The zero-order chi connectivity index (χ0) is 25.3. The first-order valence-corrected chi connectivity index (χ1v) is 13.7. The van der Waals surface area contributed by atoms with Crippen molar-refractivity contribution in [1.29, 1.82) is 0 Å². The molecule has 0 fully saturated rings. The number of carbonyl (C=O) groups is 2. The van der Waals surface area contributed by atoms with Gasteiger partial charge >= 0.3 is 0 Å². The lowest BCUT2D eigenvalue weighted by atomic mass is 10.0. The fourth-order valence-corrected chi connectivity index (χ4v) is 4.84. The first-order valence-electron chi connectivity index (χ1n) is 11.7. The van der Waals surface area contributed by atoms with Gasteiger partial charge in [-0.05, 0) is 49.6 Å². The normalized spacial score (nSPS) is 12.1. The number of benzene rings is 3. The highest BCUT2D eigenvalue weighted by Crippen LogP contribution is 2.20. The van der Waals surface area contributed by atoms with E-state index in [0.29, 0.717) is 18.7 Å². The van der Waals surface area contributed by atoms with Gasteiger partial charge in [0.05, 0.1) is 5.75 Å². The quantitative estimate of drug-likeness (QED) is 0.324. The minimum atomic E-state index is -0.620. The molecule has 4 nitrogen and oxygen atoms in total. The standard InChI is InChI=1S/C29H33BrN2O2S/c1-29(2,3)31-28(34)26(18-22-10-6-4-7-11-22)32(19-23-14-16-25(30)17-15-23)27(33)21-35-20-24-12-8-5-9-13-24/h4-17,26H,18-21H2,1-3H3,(H,31,34)/t26-/m0/s1. The third-order valence-corrected chi connectivity index (χ3v) is 6.89. The number of thioether (sulfide) groups is 1. The van der Waals surface area contributed by atoms with E-state index in [1.165, 1.54) is 5.56 Å². The number of nitrogens with zero attached hydrogens (tertiary/aromatic N) is 1. The number of amides is 2. The van der Waals surface area contributed by atoms with Gasteiger partial charge < -0.3 is 10.2 Å². The fraction of sp³-hybridized carbons (Fsp3) is 0.310. The monoisotopic (exact) mass is 552 g/mol. The van der Waals surface area contributed by atoms with E-state index in [2.05, 4.69) is 33.4 Å². The highest BCUT2D eigenvalue weighted by atomic mass is 79.9. The minimum Gasteiger partial charge on any atom is -0.350 e. The first kappa shape index (κ1) is 27.0. The van der Waals surface area contributed by atoms with Crippen LogP contribution in [0.3, 0.4) is 0 Å². The van der Waals surface area contributed by atoms with Gasteiger partial charge in [-0.15, -0.1) is 11.8 Å². The van der Waals surface area contributed by atoms with Crippen molar-refractivity contribution in [3.8, 4) is 0 Å². The molecule has 1 N–H and O–H groups in total. The molecule has 3 aromatic carbocycles. The lowest BCUT2D eigenvalue weighted by Gasteiger charge is -2.34. The summed E-state index contributed by atoms with van der Waals surface area (Å²) in [5.74, 6) is 0.870. The maximum atomic E-state index is 13.6. The van der Waals surface area contributed by atoms with Gasteiger partial charge in [-0.1, -0.05) is 88.7 Å². The molecular formula is C29H33BrN2O2S. The van der Waals surface area contributed by atoms with Crippen molar-refractivity contribution < 1.29 is 9.59 Å². The Kier molecular flexibility index (Phi) is 9.99. The number of rotatable bonds is 10. The second-order valence-electron chi connectivity index (χ2n) is 9.57. The van der Waals surface area contributed by atoms with Crippen LogP contribution in [0.4, 0.5) is 0 Å². The molecular weight excluding hydrogens is 520 g/mol. The molecule has 3 aromatic rings. The van der Waals surface area contributed by atoms with Crippen molar-refractivity contribution in [3.05, 3.63) is 106 Å². The fourth-order valence-electron chi connectivity index (χ4n) is 3.71. The average Bonchev–Trinajstić information content (AvgIpc) is 2.82. The van der Waals surface area contributed by atoms with Crippen LogP contribution in [-0.2, 0) is 28.3 Å². The lowest BCUT2D eigenvalue weighted by molar-refractivity contribution is -0.140. The van der Waals surface area contributed by atoms with Gasteiger partial charge in [0.1, 0.15) is 6.04 Å². The summed E-state index contributed by atoms with van der Waals surface area (Å²) in [5, 5.41) is 3.10. The van der Waals surface area contributed by atoms with Crippen LogP contribution in [0.1, 0.15) is 37.5 Å². The molecule has 0 aliphatic heterocycles. The summed E-state index contributed by atoms with van der Waals surface area (Å²) in [6.45, 7) is 6.25. The van der Waals surface area contributed by atoms with Gasteiger partial charge in [0.25, 0.3) is 0 Å². The molecule has 35 heavy (non-hydrogen) atoms. The Hall–Kier alpha value is -2.57. The predicted octanol–water partition coefficient (Wildman–Crippen LogP) is 6.24. The zero-order valence-corrected chi connectivity index (χ0v) is 22.9. The molecule has 0 aliphatic rings. The highest BCUT2D eigenvalue weighted by Gasteiger charge is 2.32. The third kappa shape index (κ3) is 9.19. The summed E-state index contributed by atoms with van der Waals surface area (Å²) in [7, 11) is 0. The molecule has 0 spiro atoms. The Labute approximate surface area is 221 Å². The van der Waals surface area contributed by atoms with E-state index in [-0.39, 0.29) is 11.8 Å². The van der Waals surface area contributed by atoms with Crippen molar-refractivity contribution >= 4 is 39.5 Å². The molecule has 0 aliphatic carbocycles. The van der Waals surface area contributed by atoms with Gasteiger partial charge in [0, 0.05) is 28.7 Å². The molecule has 1 atom stereocenters. The summed E-state index contributed by atoms with van der Waals surface area (Å²) < 4.78 is 0.976. The third-order valence-electron chi connectivity index (χ3n) is 5.37. The van der Waals surface area contributed by atoms with Gasteiger partial charge in [-0.3, -0.25) is 9.59 Å². The summed E-state index contributed by atoms with van der Waals surface area (Å²) in [6, 6.07) is 27.3. The van der Waals surface area contributed by atoms with E-state index in [9.17, 15) is 9.59 Å². The van der Waals surface area contributed by atoms with Crippen LogP contribution in [0.5, 0.6) is 0 Å². The Balaban J connectivity index is 1.86. The van der Waals surface area contributed by atoms with E-state index in [1.807, 2.05) is 93.6 Å². The largest absolute Gasteiger partial charge is 0.350 e. The van der Waals surface area contributed by atoms with Gasteiger partial charge in [-0.2, -0.15) is 0 Å². The second kappa shape index (κ2) is 12.9. The summed E-state index contributed by atoms with van der Waals surface area (Å²) in [6.07, 6.45) is 0.453. The number of hydrogen-bond donors (Lipinski definition) is 1. The molecule has 0 heterocycles. The van der Waals surface area contributed by atoms with Crippen LogP contribution < -0.4 is 5.32 Å². The van der Waals surface area contributed by atoms with E-state index < -0.39 is 11.6 Å². The molecule has 0 saturated carbocycles. The molecule has 0 aromatic heterocycles. The maximum Gasteiger partial charge on any atom is 0.243 e. The molecule has 3 rings (SSSR count). The van der Waals surface area contributed by atoms with Crippen molar-refractivity contribution in [1.82, 2.24) is 10.2 Å². The zero-order valence-electron chi connectivity index (χ0n) is 20.5. The van der Waals surface area contributed by atoms with Crippen molar-refractivity contribution in [2.45, 2.75) is 51.1 Å². The average molecular weight is 554 g/mol. The minimum absolute atomic E-state index is 0.0427. The SMILES string of the molecule is CC(C)(C)NC(=O)[C@H](Cc1ccccc1)N(Cc1ccc(Br)cc1)C(=O)CSCc1ccccc1. The van der Waals surface area contributed by atoms with E-state index in [1.54, 1.807) is 16.7 Å². The number of halogens is 1. The summed E-state index contributed by atoms with van der Waals surface area (Å²) in [4.78, 5) is 28.9. The van der Waals surface area contributed by atoms with Crippen LogP contribution in [0.2, 0.25) is 0 Å². The van der Waals surface area contributed by atoms with Gasteiger partial charge in [0.2, 0.25) is 11.8 Å². The van der Waals surface area contributed by atoms with Gasteiger partial charge in [-0.25, -0.2) is 0 Å². The van der Waals surface area contributed by atoms with E-state index >= 15 is 0 Å². The predicted molar refractivity (Wildman–Crippen MR) is 149 cm³/mol. The maximum absolute atomic E-state index is 13.6. The summed E-state index contributed by atoms with van der Waals surface area (Å²) in [5.41, 5.74) is 2.78. The first-order chi connectivity index (χ1) is 16.7. The van der Waals surface area contributed by atoms with E-state index in [0.717, 1.165) is 21.4 Å². The van der Waals surface area contributed by atoms with Crippen molar-refractivity contribution in [2.24, 2.45) is 0 Å². The van der Waals surface area contributed by atoms with Crippen LogP contribution in [0.25, 0.3) is 0 Å². The lowest BCUT2D eigenvalue weighted by Crippen LogP contribution is -2.54. The highest BCUT2D eigenvalue weighted by molar-refractivity contribution is 9.10. The Bertz CT molecular complexity index is 1080. The van der Waals surface area contributed by atoms with Crippen LogP contribution >= 0.6 is 27.7 Å². The Morgan fingerprint density at radius 1 is 0.857 bits per heavy atom. The molecule has 0 unspecified atom stereocenters. The molecule has 6 heteroatoms. The number of nitrogens with one attached hydrogen (secondary N) is 1. The number of carbonyl (C=O) groups excluding carboxylic acids is 2. The van der Waals surface area contributed by atoms with Crippen LogP contribution in [-0.4, -0.2) is 34.0 Å². The molecule has 0 radical (unpaired) electrons. The summed E-state index contributed by atoms with van der Waals surface area (Å²) >= 11 is 5.05. The topological polar surface area (TPSA) is 49.4 Å². The molecule has 0 bridgehead atoms. The van der Waals surface area contributed by atoms with Gasteiger partial charge in [0.15, 0.2) is 0 Å². The second-order valence-corrected chi connectivity index (χ2v) is 11.5. The van der Waals surface area contributed by atoms with E-state index in [4.69, 9.17) is 0 Å². The molecule has 0 saturated heterocycles. The number of hydrogen-bond acceptors (Lipinski definition) is 3. The van der Waals surface area contributed by atoms with Crippen LogP contribution in [0, 0.1) is 0 Å². The van der Waals surface area contributed by atoms with Crippen molar-refractivity contribution in [2.75, 3.05) is 5.75 Å². The molecule has 2 amide bonds. The Morgan fingerprint density at radius 2 is 1.43 bits per heavy atom. The Morgan fingerprint density at radius 3 is 2.00 bits per heavy atom. The smallest absolute Gasteiger partial charge is 0.243 e. The van der Waals surface area contributed by atoms with Crippen molar-refractivity contribution in [3.63, 3.8) is 0 Å². The van der Waals surface area contributed by atoms with Crippen LogP contribution in [0.15, 0.2) is 89.4 Å².